The summed E-state index contributed by atoms with van der Waals surface area (Å²) in [5, 5.41) is 0.658. The van der Waals surface area contributed by atoms with Crippen molar-refractivity contribution in [2.45, 2.75) is 13.3 Å². The molecule has 0 saturated carbocycles. The number of nitrogen functional groups attached to an aromatic ring is 1. The van der Waals surface area contributed by atoms with Crippen molar-refractivity contribution in [3.05, 3.63) is 23.8 Å². The molecule has 2 nitrogen and oxygen atoms in total. The molecule has 2 rings (SSSR count). The lowest BCUT2D eigenvalue weighted by Gasteiger charge is -1.94. The van der Waals surface area contributed by atoms with E-state index in [-0.39, 0.29) is 0 Å². The maximum Gasteiger partial charge on any atom is 0.181 e. The van der Waals surface area contributed by atoms with E-state index in [1.165, 1.54) is 10.3 Å². The lowest BCUT2D eigenvalue weighted by Crippen LogP contribution is -1.79. The molecule has 0 atom stereocenters. The number of rotatable bonds is 1. The van der Waals surface area contributed by atoms with E-state index < -0.39 is 0 Å². The Morgan fingerprint density at radius 2 is 2.33 bits per heavy atom. The van der Waals surface area contributed by atoms with E-state index in [0.717, 1.165) is 11.9 Å². The summed E-state index contributed by atoms with van der Waals surface area (Å²) in [6.07, 6.45) is 1.04. The van der Waals surface area contributed by atoms with Gasteiger partial charge in [0.1, 0.15) is 0 Å². The SMILES string of the molecule is CCc1cccc2nc(N)sc12. The van der Waals surface area contributed by atoms with Crippen molar-refractivity contribution < 1.29 is 0 Å². The van der Waals surface area contributed by atoms with Crippen LogP contribution in [0.1, 0.15) is 12.5 Å². The van der Waals surface area contributed by atoms with Gasteiger partial charge >= 0.3 is 0 Å². The number of hydrogen-bond acceptors (Lipinski definition) is 3. The minimum absolute atomic E-state index is 0.658. The van der Waals surface area contributed by atoms with Gasteiger partial charge in [-0.3, -0.25) is 0 Å². The smallest absolute Gasteiger partial charge is 0.181 e. The molecule has 0 fully saturated rings. The van der Waals surface area contributed by atoms with Crippen molar-refractivity contribution in [3.63, 3.8) is 0 Å². The Kier molecular flexibility index (Phi) is 1.73. The van der Waals surface area contributed by atoms with Crippen LogP contribution in [0.25, 0.3) is 10.2 Å². The Bertz CT molecular complexity index is 406. The highest BCUT2D eigenvalue weighted by Crippen LogP contribution is 2.27. The second-order valence-electron chi connectivity index (χ2n) is 2.67. The zero-order chi connectivity index (χ0) is 8.55. The average Bonchev–Trinajstić information content (AvgIpc) is 2.44. The van der Waals surface area contributed by atoms with Gasteiger partial charge in [0.25, 0.3) is 0 Å². The van der Waals surface area contributed by atoms with Gasteiger partial charge in [-0.25, -0.2) is 4.98 Å². The molecule has 1 aromatic heterocycles. The van der Waals surface area contributed by atoms with Crippen LogP contribution >= 0.6 is 11.3 Å². The van der Waals surface area contributed by atoms with Crippen LogP contribution in [0.3, 0.4) is 0 Å². The molecule has 0 aliphatic heterocycles. The van der Waals surface area contributed by atoms with Crippen LogP contribution in [-0.2, 0) is 6.42 Å². The first kappa shape index (κ1) is 7.55. The van der Waals surface area contributed by atoms with Crippen LogP contribution in [0, 0.1) is 0 Å². The molecular formula is C9H10N2S. The van der Waals surface area contributed by atoms with Crippen LogP contribution in [0.5, 0.6) is 0 Å². The molecule has 0 amide bonds. The Balaban J connectivity index is 2.78. The van der Waals surface area contributed by atoms with Crippen molar-refractivity contribution in [1.82, 2.24) is 4.98 Å². The number of hydrogen-bond donors (Lipinski definition) is 1. The molecule has 0 unspecified atom stereocenters. The van der Waals surface area contributed by atoms with Crippen LogP contribution in [0.15, 0.2) is 18.2 Å². The number of fused-ring (bicyclic) bond motifs is 1. The molecule has 0 aliphatic rings. The van der Waals surface area contributed by atoms with Gasteiger partial charge in [-0.15, -0.1) is 0 Å². The summed E-state index contributed by atoms with van der Waals surface area (Å²) in [7, 11) is 0. The fourth-order valence-electron chi connectivity index (χ4n) is 1.30. The molecule has 1 aromatic carbocycles. The normalized spacial score (nSPS) is 10.8. The minimum atomic E-state index is 0.658. The Hall–Kier alpha value is -1.09. The van der Waals surface area contributed by atoms with E-state index >= 15 is 0 Å². The molecular weight excluding hydrogens is 168 g/mol. The molecule has 12 heavy (non-hydrogen) atoms. The van der Waals surface area contributed by atoms with Crippen molar-refractivity contribution in [2.75, 3.05) is 5.73 Å². The zero-order valence-corrected chi connectivity index (χ0v) is 7.69. The summed E-state index contributed by atoms with van der Waals surface area (Å²) in [5.74, 6) is 0. The molecule has 62 valence electrons. The van der Waals surface area contributed by atoms with E-state index in [4.69, 9.17) is 5.73 Å². The summed E-state index contributed by atoms with van der Waals surface area (Å²) >= 11 is 1.57. The van der Waals surface area contributed by atoms with Gasteiger partial charge in [0.15, 0.2) is 5.13 Å². The van der Waals surface area contributed by atoms with Gasteiger partial charge in [-0.2, -0.15) is 0 Å². The summed E-state index contributed by atoms with van der Waals surface area (Å²) in [5.41, 5.74) is 7.98. The molecule has 0 spiro atoms. The molecule has 2 N–H and O–H groups in total. The van der Waals surface area contributed by atoms with Crippen molar-refractivity contribution in [2.24, 2.45) is 0 Å². The lowest BCUT2D eigenvalue weighted by atomic mass is 10.2. The maximum absolute atomic E-state index is 5.62. The van der Waals surface area contributed by atoms with E-state index in [2.05, 4.69) is 18.0 Å². The zero-order valence-electron chi connectivity index (χ0n) is 6.87. The molecule has 0 aliphatic carbocycles. The Morgan fingerprint density at radius 3 is 3.08 bits per heavy atom. The van der Waals surface area contributed by atoms with Gasteiger partial charge in [-0.1, -0.05) is 30.4 Å². The number of anilines is 1. The minimum Gasteiger partial charge on any atom is -0.375 e. The molecule has 0 bridgehead atoms. The summed E-state index contributed by atoms with van der Waals surface area (Å²) in [4.78, 5) is 4.22. The number of aromatic nitrogens is 1. The quantitative estimate of drug-likeness (QED) is 0.728. The van der Waals surface area contributed by atoms with Crippen LogP contribution < -0.4 is 5.73 Å². The summed E-state index contributed by atoms with van der Waals surface area (Å²) in [6, 6.07) is 6.15. The Morgan fingerprint density at radius 1 is 1.50 bits per heavy atom. The van der Waals surface area contributed by atoms with Gasteiger partial charge in [0.2, 0.25) is 0 Å². The fourth-order valence-corrected chi connectivity index (χ4v) is 2.22. The predicted octanol–water partition coefficient (Wildman–Crippen LogP) is 2.44. The van der Waals surface area contributed by atoms with Crippen molar-refractivity contribution in [3.8, 4) is 0 Å². The monoisotopic (exact) mass is 178 g/mol. The topological polar surface area (TPSA) is 38.9 Å². The van der Waals surface area contributed by atoms with Crippen molar-refractivity contribution >= 4 is 26.7 Å². The first-order valence-electron chi connectivity index (χ1n) is 3.95. The first-order chi connectivity index (χ1) is 5.81. The first-order valence-corrected chi connectivity index (χ1v) is 4.77. The summed E-state index contributed by atoms with van der Waals surface area (Å²) < 4.78 is 1.23. The average molecular weight is 178 g/mol. The van der Waals surface area contributed by atoms with E-state index in [1.54, 1.807) is 11.3 Å². The molecule has 0 radical (unpaired) electrons. The van der Waals surface area contributed by atoms with Crippen LogP contribution in [0.4, 0.5) is 5.13 Å². The largest absolute Gasteiger partial charge is 0.375 e. The van der Waals surface area contributed by atoms with Gasteiger partial charge in [0.05, 0.1) is 10.2 Å². The predicted molar refractivity (Wildman–Crippen MR) is 53.4 cm³/mol. The van der Waals surface area contributed by atoms with Gasteiger partial charge in [0, 0.05) is 0 Å². The highest BCUT2D eigenvalue weighted by Gasteiger charge is 2.03. The lowest BCUT2D eigenvalue weighted by molar-refractivity contribution is 1.16. The number of thiazole rings is 1. The highest BCUT2D eigenvalue weighted by atomic mass is 32.1. The maximum atomic E-state index is 5.62. The van der Waals surface area contributed by atoms with E-state index in [0.29, 0.717) is 5.13 Å². The third-order valence-electron chi connectivity index (χ3n) is 1.89. The third-order valence-corrected chi connectivity index (χ3v) is 2.87. The molecule has 0 saturated heterocycles. The summed E-state index contributed by atoms with van der Waals surface area (Å²) in [6.45, 7) is 2.14. The van der Waals surface area contributed by atoms with Gasteiger partial charge in [-0.05, 0) is 18.1 Å². The molecule has 2 aromatic rings. The second-order valence-corrected chi connectivity index (χ2v) is 3.70. The molecule has 1 heterocycles. The number of benzene rings is 1. The standard InChI is InChI=1S/C9H10N2S/c1-2-6-4-3-5-7-8(6)12-9(10)11-7/h3-5H,2H2,1H3,(H2,10,11). The number of nitrogens with zero attached hydrogens (tertiary/aromatic N) is 1. The van der Waals surface area contributed by atoms with Gasteiger partial charge < -0.3 is 5.73 Å². The fraction of sp³-hybridized carbons (Fsp3) is 0.222. The third kappa shape index (κ3) is 1.06. The highest BCUT2D eigenvalue weighted by molar-refractivity contribution is 7.22. The van der Waals surface area contributed by atoms with Crippen LogP contribution in [-0.4, -0.2) is 4.98 Å². The Labute approximate surface area is 75.0 Å². The van der Waals surface area contributed by atoms with E-state index in [9.17, 15) is 0 Å². The molecule has 3 heteroatoms. The van der Waals surface area contributed by atoms with Crippen LogP contribution in [0.2, 0.25) is 0 Å². The number of aryl methyl sites for hydroxylation is 1. The van der Waals surface area contributed by atoms with E-state index in [1.807, 2.05) is 12.1 Å². The number of nitrogens with two attached hydrogens (primary N) is 1. The van der Waals surface area contributed by atoms with Crippen molar-refractivity contribution in [1.29, 1.82) is 0 Å². The second kappa shape index (κ2) is 2.75.